The van der Waals surface area contributed by atoms with E-state index in [9.17, 15) is 9.18 Å². The van der Waals surface area contributed by atoms with Gasteiger partial charge >= 0.3 is 0 Å². The van der Waals surface area contributed by atoms with Crippen LogP contribution in [-0.2, 0) is 4.79 Å². The molecule has 1 saturated heterocycles. The largest absolute Gasteiger partial charge is 0.366 e. The van der Waals surface area contributed by atoms with Crippen LogP contribution in [0.5, 0.6) is 0 Å². The normalized spacial score (nSPS) is 16.1. The molecule has 0 radical (unpaired) electrons. The predicted molar refractivity (Wildman–Crippen MR) is 139 cm³/mol. The number of nitrogens with zero attached hydrogens (tertiary/aromatic N) is 5. The number of fused-ring (bicyclic) bond motifs is 1. The number of piperazine rings is 1. The van der Waals surface area contributed by atoms with Crippen molar-refractivity contribution >= 4 is 39.9 Å². The zero-order valence-corrected chi connectivity index (χ0v) is 20.8. The first kappa shape index (κ1) is 23.8. The minimum Gasteiger partial charge on any atom is -0.366 e. The maximum Gasteiger partial charge on any atom is 0.224 e. The minimum atomic E-state index is -0.216. The average Bonchev–Trinajstić information content (AvgIpc) is 3.72. The van der Waals surface area contributed by atoms with Crippen LogP contribution in [0.3, 0.4) is 0 Å². The van der Waals surface area contributed by atoms with Gasteiger partial charge in [-0.15, -0.1) is 0 Å². The monoisotopic (exact) mass is 495 g/mol. The lowest BCUT2D eigenvalue weighted by Crippen LogP contribution is -2.49. The molecule has 1 amide bonds. The van der Waals surface area contributed by atoms with E-state index in [1.54, 1.807) is 12.1 Å². The van der Waals surface area contributed by atoms with Crippen LogP contribution in [0.2, 0.25) is 5.02 Å². The Balaban J connectivity index is 1.27. The van der Waals surface area contributed by atoms with Gasteiger partial charge < -0.3 is 14.7 Å². The third-order valence-electron chi connectivity index (χ3n) is 6.81. The Kier molecular flexibility index (Phi) is 7.04. The molecule has 2 fully saturated rings. The zero-order chi connectivity index (χ0) is 24.4. The Morgan fingerprint density at radius 1 is 1.09 bits per heavy atom. The third kappa shape index (κ3) is 5.35. The van der Waals surface area contributed by atoms with Crippen LogP contribution in [0.1, 0.15) is 44.3 Å². The summed E-state index contributed by atoms with van der Waals surface area (Å²) >= 11 is 6.26. The van der Waals surface area contributed by atoms with Crippen LogP contribution in [-0.4, -0.2) is 60.0 Å². The first-order valence-electron chi connectivity index (χ1n) is 12.5. The fourth-order valence-electron chi connectivity index (χ4n) is 4.76. The fraction of sp³-hybridized carbons (Fsp3) is 0.444. The maximum atomic E-state index is 14.1. The highest BCUT2D eigenvalue weighted by molar-refractivity contribution is 6.31. The van der Waals surface area contributed by atoms with Gasteiger partial charge in [-0.25, -0.2) is 14.4 Å². The molecule has 1 aromatic heterocycles. The van der Waals surface area contributed by atoms with E-state index in [0.717, 1.165) is 48.4 Å². The molecule has 0 N–H and O–H groups in total. The van der Waals surface area contributed by atoms with Gasteiger partial charge in [-0.05, 0) is 49.6 Å². The molecular formula is C27H31ClFN5O. The second kappa shape index (κ2) is 10.4. The van der Waals surface area contributed by atoms with Gasteiger partial charge in [-0.3, -0.25) is 4.79 Å². The summed E-state index contributed by atoms with van der Waals surface area (Å²) in [7, 11) is 0. The van der Waals surface area contributed by atoms with E-state index in [-0.39, 0.29) is 11.7 Å². The summed E-state index contributed by atoms with van der Waals surface area (Å²) in [6, 6.07) is 12.6. The summed E-state index contributed by atoms with van der Waals surface area (Å²) in [4.78, 5) is 29.0. The number of carbonyl (C=O) groups is 1. The molecule has 8 heteroatoms. The highest BCUT2D eigenvalue weighted by Gasteiger charge is 2.29. The predicted octanol–water partition coefficient (Wildman–Crippen LogP) is 5.26. The molecule has 2 aliphatic rings. The van der Waals surface area contributed by atoms with E-state index in [2.05, 4.69) is 11.8 Å². The van der Waals surface area contributed by atoms with Crippen molar-refractivity contribution < 1.29 is 9.18 Å². The van der Waals surface area contributed by atoms with Crippen LogP contribution < -0.4 is 9.80 Å². The third-order valence-corrected chi connectivity index (χ3v) is 7.05. The topological polar surface area (TPSA) is 52.6 Å². The van der Waals surface area contributed by atoms with Gasteiger partial charge in [-0.1, -0.05) is 30.7 Å². The Hall–Kier alpha value is -2.93. The highest BCUT2D eigenvalue weighted by atomic mass is 35.5. The Morgan fingerprint density at radius 3 is 2.57 bits per heavy atom. The van der Waals surface area contributed by atoms with E-state index in [0.29, 0.717) is 55.8 Å². The van der Waals surface area contributed by atoms with Gasteiger partial charge in [0, 0.05) is 62.0 Å². The Morgan fingerprint density at radius 2 is 1.86 bits per heavy atom. The molecule has 1 aliphatic carbocycles. The fourth-order valence-corrected chi connectivity index (χ4v) is 4.92. The summed E-state index contributed by atoms with van der Waals surface area (Å²) in [5.74, 6) is 2.11. The number of amides is 1. The number of carbonyl (C=O) groups excluding carboxylic acids is 1. The van der Waals surface area contributed by atoms with Crippen molar-refractivity contribution in [3.05, 3.63) is 59.1 Å². The molecule has 35 heavy (non-hydrogen) atoms. The smallest absolute Gasteiger partial charge is 0.224 e. The number of para-hydroxylation sites is 1. The van der Waals surface area contributed by atoms with Crippen molar-refractivity contribution in [3.63, 3.8) is 0 Å². The molecule has 3 aromatic rings. The van der Waals surface area contributed by atoms with Crippen molar-refractivity contribution in [1.29, 1.82) is 0 Å². The van der Waals surface area contributed by atoms with Crippen LogP contribution in [0, 0.1) is 5.82 Å². The lowest BCUT2D eigenvalue weighted by molar-refractivity contribution is -0.131. The summed E-state index contributed by atoms with van der Waals surface area (Å²) < 4.78 is 14.1. The van der Waals surface area contributed by atoms with Gasteiger partial charge in [0.1, 0.15) is 17.5 Å². The van der Waals surface area contributed by atoms with Crippen molar-refractivity contribution in [2.75, 3.05) is 49.1 Å². The van der Waals surface area contributed by atoms with E-state index in [1.807, 2.05) is 34.1 Å². The second-order valence-electron chi connectivity index (χ2n) is 9.40. The summed E-state index contributed by atoms with van der Waals surface area (Å²) in [5.41, 5.74) is 1.47. The number of benzene rings is 2. The van der Waals surface area contributed by atoms with Crippen molar-refractivity contribution in [2.45, 2.75) is 38.5 Å². The number of anilines is 2. The number of hydrogen-bond acceptors (Lipinski definition) is 5. The lowest BCUT2D eigenvalue weighted by atomic mass is 10.2. The summed E-state index contributed by atoms with van der Waals surface area (Å²) in [5, 5.41) is 1.63. The average molecular weight is 496 g/mol. The molecule has 0 spiro atoms. The van der Waals surface area contributed by atoms with Gasteiger partial charge in [0.15, 0.2) is 0 Å². The molecule has 1 saturated carbocycles. The van der Waals surface area contributed by atoms with E-state index in [1.165, 1.54) is 6.07 Å². The van der Waals surface area contributed by atoms with Crippen LogP contribution >= 0.6 is 11.6 Å². The number of aromatic nitrogens is 2. The summed E-state index contributed by atoms with van der Waals surface area (Å²) in [6.07, 6.45) is 3.61. The highest BCUT2D eigenvalue weighted by Crippen LogP contribution is 2.40. The SMILES string of the molecule is CCCN(CCC(=O)N1CCN(c2ccccc2F)CC1)c1nc(C2CC2)nc2cc(Cl)ccc12. The molecule has 2 heterocycles. The first-order valence-corrected chi connectivity index (χ1v) is 12.9. The molecule has 184 valence electrons. The van der Waals surface area contributed by atoms with Crippen molar-refractivity contribution in [1.82, 2.24) is 14.9 Å². The molecular weight excluding hydrogens is 465 g/mol. The Labute approximate surface area is 210 Å². The van der Waals surface area contributed by atoms with Gasteiger partial charge in [0.25, 0.3) is 0 Å². The number of halogens is 2. The van der Waals surface area contributed by atoms with E-state index < -0.39 is 0 Å². The van der Waals surface area contributed by atoms with Crippen LogP contribution in [0.25, 0.3) is 10.9 Å². The molecule has 5 rings (SSSR count). The number of rotatable bonds is 8. The molecule has 0 unspecified atom stereocenters. The molecule has 0 bridgehead atoms. The molecule has 6 nitrogen and oxygen atoms in total. The quantitative estimate of drug-likeness (QED) is 0.427. The molecule has 1 aliphatic heterocycles. The molecule has 2 aromatic carbocycles. The maximum absolute atomic E-state index is 14.1. The van der Waals surface area contributed by atoms with Crippen molar-refractivity contribution in [3.8, 4) is 0 Å². The summed E-state index contributed by atoms with van der Waals surface area (Å²) in [6.45, 7) is 6.01. The van der Waals surface area contributed by atoms with Crippen molar-refractivity contribution in [2.24, 2.45) is 0 Å². The lowest BCUT2D eigenvalue weighted by Gasteiger charge is -2.36. The van der Waals surface area contributed by atoms with E-state index in [4.69, 9.17) is 21.6 Å². The minimum absolute atomic E-state index is 0.128. The van der Waals surface area contributed by atoms with Gasteiger partial charge in [-0.2, -0.15) is 0 Å². The standard InChI is InChI=1S/C27H31ClFN5O/c1-2-12-34(27-21-10-9-20(28)18-23(21)30-26(31-27)19-7-8-19)13-11-25(35)33-16-14-32(15-17-33)24-6-4-3-5-22(24)29/h3-6,9-10,18-19H,2,7-8,11-17H2,1H3. The van der Waals surface area contributed by atoms with Crippen LogP contribution in [0.15, 0.2) is 42.5 Å². The van der Waals surface area contributed by atoms with Gasteiger partial charge in [0.05, 0.1) is 11.2 Å². The number of hydrogen-bond donors (Lipinski definition) is 0. The van der Waals surface area contributed by atoms with Crippen LogP contribution in [0.4, 0.5) is 15.9 Å². The van der Waals surface area contributed by atoms with E-state index >= 15 is 0 Å². The molecule has 0 atom stereocenters. The Bertz CT molecular complexity index is 1210. The first-order chi connectivity index (χ1) is 17.0. The van der Waals surface area contributed by atoms with Gasteiger partial charge in [0.2, 0.25) is 5.91 Å². The second-order valence-corrected chi connectivity index (χ2v) is 9.83. The zero-order valence-electron chi connectivity index (χ0n) is 20.1.